The lowest BCUT2D eigenvalue weighted by Crippen LogP contribution is -2.57. The van der Waals surface area contributed by atoms with Gasteiger partial charge < -0.3 is 9.47 Å². The number of anilines is 1. The minimum absolute atomic E-state index is 0.0422. The van der Waals surface area contributed by atoms with Gasteiger partial charge in [0.05, 0.1) is 28.9 Å². The number of esters is 1. The first-order valence-corrected chi connectivity index (χ1v) is 8.23. The topological polar surface area (TPSA) is 72.9 Å². The summed E-state index contributed by atoms with van der Waals surface area (Å²) in [6.07, 6.45) is 1.38. The molecule has 2 unspecified atom stereocenters. The molecule has 3 rings (SSSR count). The van der Waals surface area contributed by atoms with E-state index in [4.69, 9.17) is 9.47 Å². The molecule has 6 heteroatoms. The molecule has 1 aromatic carbocycles. The highest BCUT2D eigenvalue weighted by Gasteiger charge is 2.49. The summed E-state index contributed by atoms with van der Waals surface area (Å²) in [4.78, 5) is 37.2. The molecule has 6 nitrogen and oxygen atoms in total. The van der Waals surface area contributed by atoms with Crippen molar-refractivity contribution in [3.05, 3.63) is 41.5 Å². The van der Waals surface area contributed by atoms with Crippen LogP contribution in [0.1, 0.15) is 38.1 Å². The fraction of sp³-hybridized carbons (Fsp3) is 0.421. The van der Waals surface area contributed by atoms with Gasteiger partial charge in [-0.05, 0) is 45.0 Å². The van der Waals surface area contributed by atoms with E-state index >= 15 is 0 Å². The van der Waals surface area contributed by atoms with Gasteiger partial charge in [0.15, 0.2) is 0 Å². The van der Waals surface area contributed by atoms with E-state index < -0.39 is 5.97 Å². The second kappa shape index (κ2) is 6.11. The fourth-order valence-corrected chi connectivity index (χ4v) is 2.99. The monoisotopic (exact) mass is 343 g/mol. The molecule has 0 spiro atoms. The van der Waals surface area contributed by atoms with E-state index in [0.717, 1.165) is 4.90 Å². The fourth-order valence-electron chi connectivity index (χ4n) is 2.99. The van der Waals surface area contributed by atoms with Crippen LogP contribution in [0.3, 0.4) is 0 Å². The molecule has 2 amide bonds. The molecule has 2 heterocycles. The second-order valence-corrected chi connectivity index (χ2v) is 6.86. The predicted molar refractivity (Wildman–Crippen MR) is 91.1 cm³/mol. The van der Waals surface area contributed by atoms with Gasteiger partial charge in [0.2, 0.25) is 0 Å². The van der Waals surface area contributed by atoms with E-state index in [2.05, 4.69) is 0 Å². The van der Waals surface area contributed by atoms with Crippen LogP contribution >= 0.6 is 0 Å². The van der Waals surface area contributed by atoms with Crippen molar-refractivity contribution in [1.82, 2.24) is 0 Å². The average Bonchev–Trinajstić information content (AvgIpc) is 2.85. The normalized spacial score (nSPS) is 28.6. The van der Waals surface area contributed by atoms with Gasteiger partial charge in [-0.25, -0.2) is 9.69 Å². The van der Waals surface area contributed by atoms with Gasteiger partial charge in [0.1, 0.15) is 6.61 Å². The Morgan fingerprint density at radius 3 is 2.28 bits per heavy atom. The number of nitrogens with zero attached hydrogens (tertiary/aromatic N) is 1. The van der Waals surface area contributed by atoms with Crippen molar-refractivity contribution in [3.8, 4) is 0 Å². The summed E-state index contributed by atoms with van der Waals surface area (Å²) in [6, 6.07) is 6.24. The minimum Gasteiger partial charge on any atom is -0.461 e. The molecule has 25 heavy (non-hydrogen) atoms. The first kappa shape index (κ1) is 17.4. The molecule has 0 aromatic heterocycles. The zero-order valence-corrected chi connectivity index (χ0v) is 14.7. The lowest BCUT2D eigenvalue weighted by atomic mass is 9.75. The van der Waals surface area contributed by atoms with Crippen molar-refractivity contribution < 1.29 is 23.9 Å². The van der Waals surface area contributed by atoms with E-state index in [1.54, 1.807) is 31.2 Å². The largest absolute Gasteiger partial charge is 0.461 e. The molecule has 2 aliphatic rings. The van der Waals surface area contributed by atoms with Crippen molar-refractivity contribution in [1.29, 1.82) is 0 Å². The number of hydrogen-bond donors (Lipinski definition) is 0. The van der Waals surface area contributed by atoms with Crippen LogP contribution in [-0.4, -0.2) is 36.6 Å². The smallest absolute Gasteiger partial charge is 0.338 e. The number of amides is 2. The van der Waals surface area contributed by atoms with Crippen LogP contribution in [0.15, 0.2) is 35.9 Å². The maximum absolute atomic E-state index is 12.2. The van der Waals surface area contributed by atoms with Gasteiger partial charge in [-0.15, -0.1) is 0 Å². The summed E-state index contributed by atoms with van der Waals surface area (Å²) < 4.78 is 11.0. The molecule has 132 valence electrons. The van der Waals surface area contributed by atoms with Crippen LogP contribution in [0.25, 0.3) is 0 Å². The molecule has 0 N–H and O–H groups in total. The Labute approximate surface area is 146 Å². The van der Waals surface area contributed by atoms with Crippen molar-refractivity contribution in [2.24, 2.45) is 5.41 Å². The summed E-state index contributed by atoms with van der Waals surface area (Å²) in [5.74, 6) is -1.16. The summed E-state index contributed by atoms with van der Waals surface area (Å²) in [7, 11) is 0. The molecule has 0 saturated carbocycles. The Morgan fingerprint density at radius 2 is 1.80 bits per heavy atom. The molecule has 0 bridgehead atoms. The van der Waals surface area contributed by atoms with E-state index in [9.17, 15) is 14.4 Å². The van der Waals surface area contributed by atoms with Gasteiger partial charge in [-0.3, -0.25) is 9.59 Å². The number of rotatable bonds is 4. The molecule has 1 aromatic rings. The molecular weight excluding hydrogens is 322 g/mol. The molecule has 1 fully saturated rings. The Hall–Kier alpha value is -2.47. The molecular formula is C19H21NO5. The Bertz CT molecular complexity index is 757. The Kier molecular flexibility index (Phi) is 4.24. The zero-order valence-electron chi connectivity index (χ0n) is 14.7. The Balaban J connectivity index is 1.66. The van der Waals surface area contributed by atoms with E-state index in [1.165, 1.54) is 6.08 Å². The van der Waals surface area contributed by atoms with Crippen LogP contribution in [0.2, 0.25) is 0 Å². The zero-order chi connectivity index (χ0) is 18.4. The van der Waals surface area contributed by atoms with Crippen LogP contribution in [0.4, 0.5) is 5.69 Å². The Morgan fingerprint density at radius 1 is 1.20 bits per heavy atom. The predicted octanol–water partition coefficient (Wildman–Crippen LogP) is 2.48. The third kappa shape index (κ3) is 2.87. The summed E-state index contributed by atoms with van der Waals surface area (Å²) in [5.41, 5.74) is 1.01. The van der Waals surface area contributed by atoms with E-state index in [0.29, 0.717) is 16.8 Å². The van der Waals surface area contributed by atoms with E-state index in [-0.39, 0.29) is 36.0 Å². The average molecular weight is 343 g/mol. The summed E-state index contributed by atoms with van der Waals surface area (Å²) in [5, 5.41) is 0. The molecule has 1 saturated heterocycles. The number of benzene rings is 1. The van der Waals surface area contributed by atoms with Crippen LogP contribution in [0.5, 0.6) is 0 Å². The van der Waals surface area contributed by atoms with Gasteiger partial charge in [0.25, 0.3) is 11.8 Å². The molecule has 0 aliphatic carbocycles. The number of imide groups is 1. The minimum atomic E-state index is -0.438. The highest BCUT2D eigenvalue weighted by atomic mass is 16.6. The van der Waals surface area contributed by atoms with Crippen molar-refractivity contribution in [2.75, 3.05) is 11.5 Å². The number of carbonyl (C=O) groups is 3. The van der Waals surface area contributed by atoms with Crippen LogP contribution in [0, 0.1) is 5.41 Å². The number of carbonyl (C=O) groups excluding carboxylic acids is 3. The van der Waals surface area contributed by atoms with Crippen molar-refractivity contribution in [2.45, 2.75) is 39.9 Å². The lowest BCUT2D eigenvalue weighted by molar-refractivity contribution is -0.239. The first-order valence-electron chi connectivity index (χ1n) is 8.23. The number of ether oxygens (including phenoxy) is 2. The van der Waals surface area contributed by atoms with Gasteiger partial charge in [0, 0.05) is 11.6 Å². The van der Waals surface area contributed by atoms with Gasteiger partial charge >= 0.3 is 5.97 Å². The molecule has 0 radical (unpaired) electrons. The quantitative estimate of drug-likeness (QED) is 0.620. The standard InChI is InChI=1S/C19H21NO5/c1-11-9-16(21)20(17(11)22)15-7-5-14(6-8-15)18(23)24-10-19(4)12(2)25-13(19)3/h5-9,12-13H,10H2,1-4H3. The van der Waals surface area contributed by atoms with E-state index in [1.807, 2.05) is 20.8 Å². The highest BCUT2D eigenvalue weighted by Crippen LogP contribution is 2.41. The van der Waals surface area contributed by atoms with Crippen LogP contribution < -0.4 is 4.90 Å². The number of hydrogen-bond acceptors (Lipinski definition) is 5. The SMILES string of the molecule is CC1=CC(=O)N(c2ccc(C(=O)OCC3(C)C(C)OC3C)cc2)C1=O. The third-order valence-corrected chi connectivity index (χ3v) is 5.24. The highest BCUT2D eigenvalue weighted by molar-refractivity contribution is 6.30. The maximum atomic E-state index is 12.2. The van der Waals surface area contributed by atoms with Crippen LogP contribution in [-0.2, 0) is 19.1 Å². The van der Waals surface area contributed by atoms with Gasteiger partial charge in [-0.2, -0.15) is 0 Å². The molecule has 2 aliphatic heterocycles. The molecule has 2 atom stereocenters. The first-order chi connectivity index (χ1) is 11.7. The third-order valence-electron chi connectivity index (χ3n) is 5.24. The van der Waals surface area contributed by atoms with Gasteiger partial charge in [-0.1, -0.05) is 6.92 Å². The second-order valence-electron chi connectivity index (χ2n) is 6.86. The summed E-state index contributed by atoms with van der Waals surface area (Å²) >= 11 is 0. The summed E-state index contributed by atoms with van der Waals surface area (Å²) in [6.45, 7) is 7.83. The van der Waals surface area contributed by atoms with Crippen molar-refractivity contribution in [3.63, 3.8) is 0 Å². The lowest BCUT2D eigenvalue weighted by Gasteiger charge is -2.50. The maximum Gasteiger partial charge on any atom is 0.338 e. The van der Waals surface area contributed by atoms with Crippen molar-refractivity contribution >= 4 is 23.5 Å².